The molecule has 0 fully saturated rings. The number of aliphatic hydroxyl groups is 1. The Morgan fingerprint density at radius 2 is 1.88 bits per heavy atom. The van der Waals surface area contributed by atoms with Crippen LogP contribution in [0.5, 0.6) is 0 Å². The summed E-state index contributed by atoms with van der Waals surface area (Å²) in [4.78, 5) is 0. The van der Waals surface area contributed by atoms with E-state index in [2.05, 4.69) is 5.16 Å². The van der Waals surface area contributed by atoms with E-state index in [0.29, 0.717) is 23.6 Å². The zero-order valence-electron chi connectivity index (χ0n) is 14.2. The van der Waals surface area contributed by atoms with Gasteiger partial charge in [0.25, 0.3) is 0 Å². The highest BCUT2D eigenvalue weighted by molar-refractivity contribution is 7.88. The first-order chi connectivity index (χ1) is 11.3. The molecule has 0 aliphatic heterocycles. The molecule has 24 heavy (non-hydrogen) atoms. The van der Waals surface area contributed by atoms with Crippen LogP contribution in [0.2, 0.25) is 0 Å². The normalized spacial score (nSPS) is 13.6. The highest BCUT2D eigenvalue weighted by Crippen LogP contribution is 2.19. The molecule has 0 saturated carbocycles. The molecule has 1 atom stereocenters. The van der Waals surface area contributed by atoms with Crippen molar-refractivity contribution in [3.05, 3.63) is 53.4 Å². The quantitative estimate of drug-likeness (QED) is 0.789. The summed E-state index contributed by atoms with van der Waals surface area (Å²) in [6.45, 7) is 5.95. The lowest BCUT2D eigenvalue weighted by molar-refractivity contribution is 0.143. The molecule has 2 rings (SSSR count). The molecule has 0 saturated heterocycles. The second-order valence-electron chi connectivity index (χ2n) is 6.32. The summed E-state index contributed by atoms with van der Waals surface area (Å²) in [6, 6.07) is 10.7. The Morgan fingerprint density at radius 1 is 1.21 bits per heavy atom. The molecule has 0 radical (unpaired) electrons. The molecule has 1 N–H and O–H groups in total. The summed E-state index contributed by atoms with van der Waals surface area (Å²) in [5.74, 6) is 0.472. The molecule has 2 aromatic rings. The Kier molecular flexibility index (Phi) is 6.15. The Balaban J connectivity index is 2.17. The second-order valence-corrected chi connectivity index (χ2v) is 8.29. The van der Waals surface area contributed by atoms with Crippen molar-refractivity contribution in [3.8, 4) is 0 Å². The second kappa shape index (κ2) is 7.92. The van der Waals surface area contributed by atoms with Gasteiger partial charge in [-0.05, 0) is 18.4 Å². The molecule has 1 aromatic heterocycles. The summed E-state index contributed by atoms with van der Waals surface area (Å²) < 4.78 is 31.8. The van der Waals surface area contributed by atoms with E-state index in [0.717, 1.165) is 0 Å². The van der Waals surface area contributed by atoms with E-state index in [4.69, 9.17) is 4.52 Å². The molecule has 7 heteroatoms. The maximum atomic E-state index is 12.7. The lowest BCUT2D eigenvalue weighted by Gasteiger charge is -2.26. The minimum Gasteiger partial charge on any atom is -0.387 e. The minimum absolute atomic E-state index is 0.0152. The van der Waals surface area contributed by atoms with Crippen molar-refractivity contribution in [1.82, 2.24) is 9.46 Å². The van der Waals surface area contributed by atoms with E-state index in [1.54, 1.807) is 25.1 Å². The fourth-order valence-corrected chi connectivity index (χ4v) is 4.03. The fourth-order valence-electron chi connectivity index (χ4n) is 2.45. The molecule has 1 heterocycles. The lowest BCUT2D eigenvalue weighted by Crippen LogP contribution is -2.38. The van der Waals surface area contributed by atoms with E-state index in [1.165, 1.54) is 4.31 Å². The number of aryl methyl sites for hydroxylation is 1. The first-order valence-corrected chi connectivity index (χ1v) is 9.52. The van der Waals surface area contributed by atoms with Gasteiger partial charge in [-0.15, -0.1) is 0 Å². The maximum absolute atomic E-state index is 12.7. The summed E-state index contributed by atoms with van der Waals surface area (Å²) >= 11 is 0. The Labute approximate surface area is 143 Å². The van der Waals surface area contributed by atoms with Crippen molar-refractivity contribution in [2.75, 3.05) is 13.1 Å². The van der Waals surface area contributed by atoms with Crippen LogP contribution in [0.3, 0.4) is 0 Å². The number of sulfonamides is 1. The van der Waals surface area contributed by atoms with Crippen LogP contribution in [-0.4, -0.2) is 36.1 Å². The average molecular weight is 352 g/mol. The molecule has 0 spiro atoms. The molecule has 0 aliphatic rings. The molecular weight excluding hydrogens is 328 g/mol. The van der Waals surface area contributed by atoms with E-state index in [9.17, 15) is 13.5 Å². The van der Waals surface area contributed by atoms with Crippen LogP contribution in [-0.2, 0) is 15.8 Å². The van der Waals surface area contributed by atoms with E-state index in [1.807, 2.05) is 32.0 Å². The van der Waals surface area contributed by atoms with Crippen molar-refractivity contribution < 1.29 is 18.0 Å². The highest BCUT2D eigenvalue weighted by atomic mass is 32.2. The van der Waals surface area contributed by atoms with Crippen molar-refractivity contribution in [2.45, 2.75) is 32.6 Å². The smallest absolute Gasteiger partial charge is 0.220 e. The highest BCUT2D eigenvalue weighted by Gasteiger charge is 2.27. The van der Waals surface area contributed by atoms with Gasteiger partial charge in [-0.2, -0.15) is 4.31 Å². The van der Waals surface area contributed by atoms with Crippen molar-refractivity contribution in [2.24, 2.45) is 5.92 Å². The molecule has 0 unspecified atom stereocenters. The summed E-state index contributed by atoms with van der Waals surface area (Å²) in [5, 5.41) is 14.2. The third kappa shape index (κ3) is 5.15. The predicted octanol–water partition coefficient (Wildman–Crippen LogP) is 2.50. The van der Waals surface area contributed by atoms with Gasteiger partial charge in [-0.3, -0.25) is 0 Å². The molecule has 6 nitrogen and oxygen atoms in total. The SMILES string of the molecule is Cc1cc(CS(=O)(=O)N(CC(C)C)C[C@@H](O)c2ccccc2)no1. The van der Waals surface area contributed by atoms with Crippen LogP contribution in [0.4, 0.5) is 0 Å². The molecular formula is C17H24N2O4S. The first kappa shape index (κ1) is 18.6. The molecule has 0 bridgehead atoms. The predicted molar refractivity (Wildman–Crippen MR) is 91.7 cm³/mol. The zero-order valence-corrected chi connectivity index (χ0v) is 15.0. The van der Waals surface area contributed by atoms with Gasteiger partial charge in [-0.1, -0.05) is 49.3 Å². The Morgan fingerprint density at radius 3 is 2.42 bits per heavy atom. The van der Waals surface area contributed by atoms with E-state index in [-0.39, 0.29) is 18.2 Å². The Hall–Kier alpha value is -1.70. The minimum atomic E-state index is -3.61. The number of rotatable bonds is 8. The lowest BCUT2D eigenvalue weighted by atomic mass is 10.1. The van der Waals surface area contributed by atoms with Gasteiger partial charge in [0.15, 0.2) is 0 Å². The fraction of sp³-hybridized carbons (Fsp3) is 0.471. The molecule has 132 valence electrons. The standard InChI is InChI=1S/C17H24N2O4S/c1-13(2)10-19(11-17(20)15-7-5-4-6-8-15)24(21,22)12-16-9-14(3)23-18-16/h4-9,13,17,20H,10-12H2,1-3H3/t17-/m1/s1. The van der Waals surface area contributed by atoms with Crippen LogP contribution in [0.1, 0.15) is 37.0 Å². The van der Waals surface area contributed by atoms with Crippen LogP contribution in [0.15, 0.2) is 40.9 Å². The summed E-state index contributed by atoms with van der Waals surface area (Å²) in [7, 11) is -3.61. The van der Waals surface area contributed by atoms with Gasteiger partial charge in [0.1, 0.15) is 17.2 Å². The summed E-state index contributed by atoms with van der Waals surface area (Å²) in [6.07, 6.45) is -0.876. The van der Waals surface area contributed by atoms with Gasteiger partial charge >= 0.3 is 0 Å². The van der Waals surface area contributed by atoms with Crippen LogP contribution in [0, 0.1) is 12.8 Å². The summed E-state index contributed by atoms with van der Waals surface area (Å²) in [5.41, 5.74) is 1.06. The number of benzene rings is 1. The van der Waals surface area contributed by atoms with Gasteiger partial charge < -0.3 is 9.63 Å². The monoisotopic (exact) mass is 352 g/mol. The van der Waals surface area contributed by atoms with Gasteiger partial charge in [-0.25, -0.2) is 8.42 Å². The van der Waals surface area contributed by atoms with E-state index >= 15 is 0 Å². The average Bonchev–Trinajstić information content (AvgIpc) is 2.91. The van der Waals surface area contributed by atoms with Gasteiger partial charge in [0.05, 0.1) is 6.10 Å². The molecule has 0 aliphatic carbocycles. The molecule has 1 aromatic carbocycles. The molecule has 0 amide bonds. The first-order valence-electron chi connectivity index (χ1n) is 7.91. The van der Waals surface area contributed by atoms with E-state index < -0.39 is 16.1 Å². The van der Waals surface area contributed by atoms with Gasteiger partial charge in [0, 0.05) is 19.2 Å². The van der Waals surface area contributed by atoms with Crippen molar-refractivity contribution in [1.29, 1.82) is 0 Å². The largest absolute Gasteiger partial charge is 0.387 e. The third-order valence-electron chi connectivity index (χ3n) is 3.53. The number of nitrogens with zero attached hydrogens (tertiary/aromatic N) is 2. The van der Waals surface area contributed by atoms with Crippen LogP contribution < -0.4 is 0 Å². The van der Waals surface area contributed by atoms with Crippen LogP contribution in [0.25, 0.3) is 0 Å². The maximum Gasteiger partial charge on any atom is 0.220 e. The number of hydrogen-bond acceptors (Lipinski definition) is 5. The number of aliphatic hydroxyl groups excluding tert-OH is 1. The number of hydrogen-bond donors (Lipinski definition) is 1. The zero-order chi connectivity index (χ0) is 17.7. The Bertz CT molecular complexity index is 741. The third-order valence-corrected chi connectivity index (χ3v) is 5.28. The van der Waals surface area contributed by atoms with Crippen molar-refractivity contribution in [3.63, 3.8) is 0 Å². The van der Waals surface area contributed by atoms with Crippen molar-refractivity contribution >= 4 is 10.0 Å². The number of aromatic nitrogens is 1. The van der Waals surface area contributed by atoms with Crippen LogP contribution >= 0.6 is 0 Å². The van der Waals surface area contributed by atoms with Gasteiger partial charge in [0.2, 0.25) is 10.0 Å². The topological polar surface area (TPSA) is 83.6 Å².